The Morgan fingerprint density at radius 2 is 1.88 bits per heavy atom. The van der Waals surface area contributed by atoms with Crippen LogP contribution in [0.25, 0.3) is 0 Å². The second-order valence-electron chi connectivity index (χ2n) is 4.13. The lowest BCUT2D eigenvalue weighted by molar-refractivity contribution is 0.0942. The molecule has 1 fully saturated rings. The Labute approximate surface area is 104 Å². The Kier molecular flexibility index (Phi) is 3.33. The molecule has 2 amide bonds. The minimum absolute atomic E-state index is 0.0433. The fourth-order valence-corrected chi connectivity index (χ4v) is 1.78. The van der Waals surface area contributed by atoms with Crippen molar-refractivity contribution in [3.8, 4) is 0 Å². The van der Waals surface area contributed by atoms with Crippen LogP contribution in [0.1, 0.15) is 23.2 Å². The van der Waals surface area contributed by atoms with Crippen molar-refractivity contribution >= 4 is 23.4 Å². The van der Waals surface area contributed by atoms with E-state index in [0.29, 0.717) is 10.6 Å². The molecule has 0 radical (unpaired) electrons. The first-order valence-electron chi connectivity index (χ1n) is 5.43. The first kappa shape index (κ1) is 11.9. The van der Waals surface area contributed by atoms with Crippen molar-refractivity contribution in [3.63, 3.8) is 0 Å². The predicted molar refractivity (Wildman–Crippen MR) is 65.1 cm³/mol. The zero-order chi connectivity index (χ0) is 12.4. The molecule has 0 atom stereocenters. The molecule has 5 heteroatoms. The smallest absolute Gasteiger partial charge is 0.315 e. The number of amides is 2. The Morgan fingerprint density at radius 1 is 1.29 bits per heavy atom. The molecule has 0 saturated heterocycles. The van der Waals surface area contributed by atoms with E-state index in [1.54, 1.807) is 24.3 Å². The maximum atomic E-state index is 11.9. The number of halogens is 1. The Bertz CT molecular complexity index is 440. The molecule has 0 spiro atoms. The van der Waals surface area contributed by atoms with E-state index in [0.717, 1.165) is 12.8 Å². The van der Waals surface area contributed by atoms with Crippen molar-refractivity contribution in [3.05, 3.63) is 34.9 Å². The molecule has 2 rings (SSSR count). The number of nitrogens with two attached hydrogens (primary N) is 1. The first-order chi connectivity index (χ1) is 8.08. The van der Waals surface area contributed by atoms with E-state index in [2.05, 4.69) is 0 Å². The van der Waals surface area contributed by atoms with Crippen LogP contribution in [0.5, 0.6) is 0 Å². The molecule has 0 bridgehead atoms. The third-order valence-electron chi connectivity index (χ3n) is 2.75. The monoisotopic (exact) mass is 252 g/mol. The quantitative estimate of drug-likeness (QED) is 0.834. The third-order valence-corrected chi connectivity index (χ3v) is 3.00. The van der Waals surface area contributed by atoms with Gasteiger partial charge >= 0.3 is 6.03 Å². The van der Waals surface area contributed by atoms with E-state index >= 15 is 0 Å². The van der Waals surface area contributed by atoms with Crippen LogP contribution in [0.15, 0.2) is 24.3 Å². The van der Waals surface area contributed by atoms with Crippen LogP contribution in [-0.2, 0) is 0 Å². The van der Waals surface area contributed by atoms with Gasteiger partial charge in [-0.3, -0.25) is 4.79 Å². The summed E-state index contributed by atoms with van der Waals surface area (Å²) in [6.07, 6.45) is 1.85. The fraction of sp³-hybridized carbons (Fsp3) is 0.333. The number of hydrogen-bond donors (Lipinski definition) is 1. The summed E-state index contributed by atoms with van der Waals surface area (Å²) >= 11 is 5.74. The zero-order valence-electron chi connectivity index (χ0n) is 9.23. The minimum Gasteiger partial charge on any atom is -0.351 e. The van der Waals surface area contributed by atoms with Gasteiger partial charge < -0.3 is 10.6 Å². The van der Waals surface area contributed by atoms with Crippen molar-refractivity contribution in [2.75, 3.05) is 6.54 Å². The fourth-order valence-electron chi connectivity index (χ4n) is 1.65. The van der Waals surface area contributed by atoms with E-state index in [1.165, 1.54) is 4.90 Å². The molecule has 1 saturated carbocycles. The normalized spacial score (nSPS) is 14.4. The summed E-state index contributed by atoms with van der Waals surface area (Å²) in [4.78, 5) is 24.5. The van der Waals surface area contributed by atoms with Gasteiger partial charge in [-0.25, -0.2) is 4.79 Å². The second-order valence-corrected chi connectivity index (χ2v) is 4.56. The molecular weight excluding hydrogens is 240 g/mol. The van der Waals surface area contributed by atoms with Gasteiger partial charge in [0.1, 0.15) is 0 Å². The molecule has 0 aromatic heterocycles. The van der Waals surface area contributed by atoms with Gasteiger partial charge in [-0.15, -0.1) is 0 Å². The standard InChI is InChI=1S/C12H13ClN2O2/c13-9-3-1-8(2-4-9)11(16)7-15(12(14)17)10-5-6-10/h1-4,10H,5-7H2,(H2,14,17). The number of carbonyl (C=O) groups is 2. The van der Waals surface area contributed by atoms with Crippen molar-refractivity contribution in [2.45, 2.75) is 18.9 Å². The van der Waals surface area contributed by atoms with Crippen molar-refractivity contribution in [2.24, 2.45) is 5.73 Å². The minimum atomic E-state index is -0.533. The molecule has 90 valence electrons. The van der Waals surface area contributed by atoms with Crippen LogP contribution in [0, 0.1) is 0 Å². The van der Waals surface area contributed by atoms with E-state index in [-0.39, 0.29) is 18.4 Å². The molecule has 2 N–H and O–H groups in total. The Hall–Kier alpha value is -1.55. The second kappa shape index (κ2) is 4.75. The maximum Gasteiger partial charge on any atom is 0.315 e. The van der Waals surface area contributed by atoms with E-state index in [9.17, 15) is 9.59 Å². The van der Waals surface area contributed by atoms with Crippen LogP contribution in [0.2, 0.25) is 5.02 Å². The summed E-state index contributed by atoms with van der Waals surface area (Å²) in [6, 6.07) is 6.22. The topological polar surface area (TPSA) is 63.4 Å². The highest BCUT2D eigenvalue weighted by Crippen LogP contribution is 2.26. The highest BCUT2D eigenvalue weighted by molar-refractivity contribution is 6.30. The molecule has 0 unspecified atom stereocenters. The van der Waals surface area contributed by atoms with Gasteiger partial charge in [-0.2, -0.15) is 0 Å². The van der Waals surface area contributed by atoms with Crippen LogP contribution < -0.4 is 5.73 Å². The lowest BCUT2D eigenvalue weighted by atomic mass is 10.1. The summed E-state index contributed by atoms with van der Waals surface area (Å²) < 4.78 is 0. The van der Waals surface area contributed by atoms with E-state index in [4.69, 9.17) is 17.3 Å². The summed E-state index contributed by atoms with van der Waals surface area (Å²) in [5, 5.41) is 0.579. The molecule has 4 nitrogen and oxygen atoms in total. The van der Waals surface area contributed by atoms with Crippen LogP contribution in [-0.4, -0.2) is 29.3 Å². The third kappa shape index (κ3) is 2.97. The zero-order valence-corrected chi connectivity index (χ0v) is 9.98. The molecule has 1 aliphatic carbocycles. The van der Waals surface area contributed by atoms with Crippen LogP contribution >= 0.6 is 11.6 Å². The number of urea groups is 1. The highest BCUT2D eigenvalue weighted by atomic mass is 35.5. The van der Waals surface area contributed by atoms with Crippen molar-refractivity contribution < 1.29 is 9.59 Å². The average Bonchev–Trinajstić information content (AvgIpc) is 3.10. The largest absolute Gasteiger partial charge is 0.351 e. The van der Waals surface area contributed by atoms with Gasteiger partial charge in [0.2, 0.25) is 0 Å². The molecule has 1 aromatic carbocycles. The molecule has 17 heavy (non-hydrogen) atoms. The molecule has 1 aliphatic rings. The van der Waals surface area contributed by atoms with Crippen molar-refractivity contribution in [1.29, 1.82) is 0 Å². The molecule has 0 aliphatic heterocycles. The average molecular weight is 253 g/mol. The number of benzene rings is 1. The summed E-state index contributed by atoms with van der Waals surface area (Å²) in [5.74, 6) is -0.118. The van der Waals surface area contributed by atoms with Crippen LogP contribution in [0.4, 0.5) is 4.79 Å². The Balaban J connectivity index is 2.04. The molecular formula is C12H13ClN2O2. The SMILES string of the molecule is NC(=O)N(CC(=O)c1ccc(Cl)cc1)C1CC1. The van der Waals surface area contributed by atoms with Gasteiger partial charge in [0.05, 0.1) is 6.54 Å². The van der Waals surface area contributed by atoms with Crippen LogP contribution in [0.3, 0.4) is 0 Å². The Morgan fingerprint density at radius 3 is 2.35 bits per heavy atom. The number of rotatable bonds is 4. The number of ketones is 1. The highest BCUT2D eigenvalue weighted by Gasteiger charge is 2.32. The number of hydrogen-bond acceptors (Lipinski definition) is 2. The lowest BCUT2D eigenvalue weighted by Crippen LogP contribution is -2.41. The van der Waals surface area contributed by atoms with Gasteiger partial charge in [-0.1, -0.05) is 11.6 Å². The summed E-state index contributed by atoms with van der Waals surface area (Å²) in [7, 11) is 0. The van der Waals surface area contributed by atoms with Crippen molar-refractivity contribution in [1.82, 2.24) is 4.90 Å². The first-order valence-corrected chi connectivity index (χ1v) is 5.80. The number of primary amides is 1. The van der Waals surface area contributed by atoms with E-state index < -0.39 is 6.03 Å². The summed E-state index contributed by atoms with van der Waals surface area (Å²) in [5.41, 5.74) is 5.78. The summed E-state index contributed by atoms with van der Waals surface area (Å²) in [6.45, 7) is 0.0433. The molecule has 1 aromatic rings. The maximum absolute atomic E-state index is 11.9. The predicted octanol–water partition coefficient (Wildman–Crippen LogP) is 2.07. The van der Waals surface area contributed by atoms with Gasteiger partial charge in [0.25, 0.3) is 0 Å². The lowest BCUT2D eigenvalue weighted by Gasteiger charge is -2.18. The number of Topliss-reactive ketones (excluding diaryl/α,β-unsaturated/α-hetero) is 1. The number of carbonyl (C=O) groups excluding carboxylic acids is 2. The van der Waals surface area contributed by atoms with Gasteiger partial charge in [0.15, 0.2) is 5.78 Å². The van der Waals surface area contributed by atoms with Gasteiger partial charge in [-0.05, 0) is 37.1 Å². The molecule has 0 heterocycles. The van der Waals surface area contributed by atoms with Gasteiger partial charge in [0, 0.05) is 16.6 Å². The number of nitrogens with zero attached hydrogens (tertiary/aromatic N) is 1. The van der Waals surface area contributed by atoms with E-state index in [1.807, 2.05) is 0 Å².